The first-order valence-corrected chi connectivity index (χ1v) is 11.4. The lowest BCUT2D eigenvalue weighted by atomic mass is 10.1. The van der Waals surface area contributed by atoms with E-state index in [2.05, 4.69) is 25.3 Å². The highest BCUT2D eigenvalue weighted by atomic mass is 32.2. The summed E-state index contributed by atoms with van der Waals surface area (Å²) in [6.45, 7) is 3.51. The second-order valence-corrected chi connectivity index (χ2v) is 8.43. The normalized spacial score (nSPS) is 11.0. The Morgan fingerprint density at radius 1 is 1.00 bits per heavy atom. The SMILES string of the molecule is COc1cc(Nc2ncc(F)c(Nc3ccc(C)c(C)c3NS(N)(=O)=O)n2)cc(OC)c1OC. The van der Waals surface area contributed by atoms with Crippen LogP contribution in [0.4, 0.5) is 33.2 Å². The van der Waals surface area contributed by atoms with Crippen LogP contribution >= 0.6 is 0 Å². The highest BCUT2D eigenvalue weighted by Crippen LogP contribution is 2.40. The Labute approximate surface area is 196 Å². The molecule has 0 fully saturated rings. The quantitative estimate of drug-likeness (QED) is 0.353. The fourth-order valence-corrected chi connectivity index (χ4v) is 3.67. The molecule has 11 nitrogen and oxygen atoms in total. The summed E-state index contributed by atoms with van der Waals surface area (Å²) >= 11 is 0. The molecule has 5 N–H and O–H groups in total. The number of aryl methyl sites for hydroxylation is 1. The van der Waals surface area contributed by atoms with Crippen molar-refractivity contribution in [2.24, 2.45) is 5.14 Å². The number of nitrogens with zero attached hydrogens (tertiary/aromatic N) is 2. The molecule has 34 heavy (non-hydrogen) atoms. The molecule has 3 aromatic rings. The molecule has 0 unspecified atom stereocenters. The van der Waals surface area contributed by atoms with E-state index in [0.29, 0.717) is 28.5 Å². The number of nitrogens with two attached hydrogens (primary N) is 1. The molecule has 2 aromatic carbocycles. The maximum Gasteiger partial charge on any atom is 0.296 e. The van der Waals surface area contributed by atoms with Gasteiger partial charge in [0.25, 0.3) is 10.2 Å². The maximum atomic E-state index is 14.5. The Morgan fingerprint density at radius 2 is 1.65 bits per heavy atom. The number of halogens is 1. The zero-order chi connectivity index (χ0) is 25.0. The van der Waals surface area contributed by atoms with Gasteiger partial charge in [-0.15, -0.1) is 0 Å². The minimum Gasteiger partial charge on any atom is -0.493 e. The number of benzene rings is 2. The standard InChI is InChI=1S/C21H25FN6O5S/c1-11-6-7-15(18(12(11)2)28-34(23,29)30)26-20-14(22)10-24-21(27-20)25-13-8-16(31-3)19(33-5)17(9-13)32-4/h6-10,28H,1-5H3,(H2,23,29,30)(H2,24,25,26,27). The smallest absolute Gasteiger partial charge is 0.296 e. The van der Waals surface area contributed by atoms with Gasteiger partial charge in [-0.05, 0) is 31.0 Å². The van der Waals surface area contributed by atoms with Crippen LogP contribution in [0.25, 0.3) is 0 Å². The largest absolute Gasteiger partial charge is 0.493 e. The van der Waals surface area contributed by atoms with Crippen molar-refractivity contribution in [3.63, 3.8) is 0 Å². The van der Waals surface area contributed by atoms with Gasteiger partial charge < -0.3 is 24.8 Å². The van der Waals surface area contributed by atoms with Gasteiger partial charge in [0.15, 0.2) is 23.1 Å². The average Bonchev–Trinajstić information content (AvgIpc) is 2.79. The Kier molecular flexibility index (Phi) is 7.27. The zero-order valence-electron chi connectivity index (χ0n) is 19.2. The number of methoxy groups -OCH3 is 3. The van der Waals surface area contributed by atoms with Crippen LogP contribution in [0.1, 0.15) is 11.1 Å². The zero-order valence-corrected chi connectivity index (χ0v) is 20.0. The summed E-state index contributed by atoms with van der Waals surface area (Å²) in [6, 6.07) is 6.61. The van der Waals surface area contributed by atoms with Gasteiger partial charge in [0, 0.05) is 17.8 Å². The Hall–Kier alpha value is -3.84. The molecule has 13 heteroatoms. The summed E-state index contributed by atoms with van der Waals surface area (Å²) in [7, 11) is 0.375. The monoisotopic (exact) mass is 492 g/mol. The molecule has 0 aliphatic rings. The Balaban J connectivity index is 1.97. The number of hydrogen-bond donors (Lipinski definition) is 4. The number of nitrogens with one attached hydrogen (secondary N) is 3. The van der Waals surface area contributed by atoms with Crippen molar-refractivity contribution >= 4 is 39.0 Å². The van der Waals surface area contributed by atoms with Crippen LogP contribution in [-0.2, 0) is 10.2 Å². The molecular weight excluding hydrogens is 467 g/mol. The number of hydrogen-bond acceptors (Lipinski definition) is 9. The van der Waals surface area contributed by atoms with E-state index in [4.69, 9.17) is 19.3 Å². The molecule has 0 aliphatic carbocycles. The first-order valence-electron chi connectivity index (χ1n) is 9.83. The minimum atomic E-state index is -4.07. The fourth-order valence-electron chi connectivity index (χ4n) is 3.12. The van der Waals surface area contributed by atoms with Gasteiger partial charge in [-0.1, -0.05) is 6.07 Å². The molecule has 3 rings (SSSR count). The second kappa shape index (κ2) is 9.97. The fraction of sp³-hybridized carbons (Fsp3) is 0.238. The molecule has 0 atom stereocenters. The van der Waals surface area contributed by atoms with E-state index in [1.807, 2.05) is 0 Å². The molecule has 0 aliphatic heterocycles. The van der Waals surface area contributed by atoms with Crippen molar-refractivity contribution in [1.29, 1.82) is 0 Å². The molecule has 1 aromatic heterocycles. The summed E-state index contributed by atoms with van der Waals surface area (Å²) in [5.41, 5.74) is 2.36. The first kappa shape index (κ1) is 24.8. The van der Waals surface area contributed by atoms with Gasteiger partial charge in [0.1, 0.15) is 0 Å². The molecule has 182 valence electrons. The van der Waals surface area contributed by atoms with Gasteiger partial charge in [-0.2, -0.15) is 13.4 Å². The third-order valence-corrected chi connectivity index (χ3v) is 5.39. The molecule has 0 bridgehead atoms. The molecule has 1 heterocycles. The summed E-state index contributed by atoms with van der Waals surface area (Å²) in [5, 5.41) is 10.9. The van der Waals surface area contributed by atoms with Crippen LogP contribution < -0.4 is 34.7 Å². The summed E-state index contributed by atoms with van der Waals surface area (Å²) in [6.07, 6.45) is 0.976. The third-order valence-electron chi connectivity index (χ3n) is 4.90. The lowest BCUT2D eigenvalue weighted by Crippen LogP contribution is -2.23. The minimum absolute atomic E-state index is 0.0583. The number of aromatic nitrogens is 2. The van der Waals surface area contributed by atoms with Crippen LogP contribution in [-0.4, -0.2) is 39.7 Å². The Morgan fingerprint density at radius 3 is 2.21 bits per heavy atom. The number of anilines is 5. The lowest BCUT2D eigenvalue weighted by molar-refractivity contribution is 0.324. The molecule has 0 amide bonds. The number of ether oxygens (including phenoxy) is 3. The lowest BCUT2D eigenvalue weighted by Gasteiger charge is -2.17. The van der Waals surface area contributed by atoms with E-state index in [0.717, 1.165) is 11.8 Å². The van der Waals surface area contributed by atoms with E-state index >= 15 is 0 Å². The molecule has 0 saturated heterocycles. The number of rotatable bonds is 9. The molecular formula is C21H25FN6O5S. The van der Waals surface area contributed by atoms with E-state index < -0.39 is 16.0 Å². The van der Waals surface area contributed by atoms with E-state index in [1.54, 1.807) is 38.1 Å². The van der Waals surface area contributed by atoms with Gasteiger partial charge >= 0.3 is 0 Å². The molecule has 0 saturated carbocycles. The average molecular weight is 493 g/mol. The topological polar surface area (TPSA) is 150 Å². The Bertz CT molecular complexity index is 1290. The van der Waals surface area contributed by atoms with Crippen LogP contribution in [0, 0.1) is 19.7 Å². The van der Waals surface area contributed by atoms with Gasteiger partial charge in [-0.25, -0.2) is 14.5 Å². The van der Waals surface area contributed by atoms with Gasteiger partial charge in [0.2, 0.25) is 11.7 Å². The summed E-state index contributed by atoms with van der Waals surface area (Å²) < 4.78 is 56.0. The third kappa shape index (κ3) is 5.55. The maximum absolute atomic E-state index is 14.5. The predicted octanol–water partition coefficient (Wildman–Crippen LogP) is 3.36. The van der Waals surface area contributed by atoms with Gasteiger partial charge in [-0.3, -0.25) is 4.72 Å². The molecule has 0 radical (unpaired) electrons. The summed E-state index contributed by atoms with van der Waals surface area (Å²) in [4.78, 5) is 8.14. The first-order chi connectivity index (χ1) is 16.1. The van der Waals surface area contributed by atoms with Crippen LogP contribution in [0.2, 0.25) is 0 Å². The van der Waals surface area contributed by atoms with E-state index in [1.165, 1.54) is 21.3 Å². The van der Waals surface area contributed by atoms with Crippen molar-refractivity contribution in [2.75, 3.05) is 36.7 Å². The van der Waals surface area contributed by atoms with Crippen molar-refractivity contribution in [3.05, 3.63) is 47.4 Å². The van der Waals surface area contributed by atoms with Crippen molar-refractivity contribution in [3.8, 4) is 17.2 Å². The highest BCUT2D eigenvalue weighted by Gasteiger charge is 2.17. The van der Waals surface area contributed by atoms with Gasteiger partial charge in [0.05, 0.1) is 38.9 Å². The van der Waals surface area contributed by atoms with Crippen LogP contribution in [0.3, 0.4) is 0 Å². The van der Waals surface area contributed by atoms with E-state index in [-0.39, 0.29) is 23.1 Å². The highest BCUT2D eigenvalue weighted by molar-refractivity contribution is 7.90. The predicted molar refractivity (Wildman–Crippen MR) is 127 cm³/mol. The van der Waals surface area contributed by atoms with Crippen molar-refractivity contribution in [2.45, 2.75) is 13.8 Å². The molecule has 0 spiro atoms. The second-order valence-electron chi connectivity index (χ2n) is 7.13. The van der Waals surface area contributed by atoms with Crippen molar-refractivity contribution in [1.82, 2.24) is 9.97 Å². The summed E-state index contributed by atoms with van der Waals surface area (Å²) in [5.74, 6) is 0.323. The van der Waals surface area contributed by atoms with Crippen LogP contribution in [0.15, 0.2) is 30.5 Å². The van der Waals surface area contributed by atoms with Crippen molar-refractivity contribution < 1.29 is 27.0 Å². The van der Waals surface area contributed by atoms with E-state index in [9.17, 15) is 12.8 Å². The van der Waals surface area contributed by atoms with Crippen LogP contribution in [0.5, 0.6) is 17.2 Å².